The summed E-state index contributed by atoms with van der Waals surface area (Å²) in [7, 11) is 4.26. The van der Waals surface area contributed by atoms with E-state index in [-0.39, 0.29) is 5.41 Å². The second kappa shape index (κ2) is 12.1. The maximum Gasteiger partial charge on any atom is 0.190 e. The molecule has 0 N–H and O–H groups in total. The van der Waals surface area contributed by atoms with Crippen molar-refractivity contribution >= 4 is 27.1 Å². The zero-order valence-electron chi connectivity index (χ0n) is 29.3. The maximum absolute atomic E-state index is 3.10. The van der Waals surface area contributed by atoms with Gasteiger partial charge in [0, 0.05) is 11.5 Å². The molecule has 4 heteroatoms. The third kappa shape index (κ3) is 5.76. The average molecular weight is 606 g/mol. The lowest BCUT2D eigenvalue weighted by molar-refractivity contribution is -0.975. The summed E-state index contributed by atoms with van der Waals surface area (Å²) in [6.07, 6.45) is 23.6. The standard InChI is InChI=1S/C38H65N2Si2/c1-11-13-24-38(25-14-12-2)35-27-31(41(6,7)8)21-22-32(35)34-26-29-20-23-37(33(29)28-36(34)38)42(9,10)39(40(3,4)5)30-18-16-15-17-19-30/h21-22,26-30,33,37H,11-20,23-25H2,1-10H3/q+1. The molecule has 0 spiro atoms. The topological polar surface area (TPSA) is 3.24 Å². The summed E-state index contributed by atoms with van der Waals surface area (Å²) in [6, 6.07) is 8.57. The van der Waals surface area contributed by atoms with Gasteiger partial charge in [-0.2, -0.15) is 4.67 Å². The molecule has 2 saturated carbocycles. The molecule has 0 aliphatic heterocycles. The summed E-state index contributed by atoms with van der Waals surface area (Å²) in [5.41, 5.74) is 7.78. The predicted molar refractivity (Wildman–Crippen MR) is 190 cm³/mol. The summed E-state index contributed by atoms with van der Waals surface area (Å²) in [5, 5.41) is 1.65. The minimum atomic E-state index is -1.75. The van der Waals surface area contributed by atoms with Gasteiger partial charge >= 0.3 is 0 Å². The van der Waals surface area contributed by atoms with Crippen LogP contribution in [0.15, 0.2) is 35.9 Å². The van der Waals surface area contributed by atoms with Gasteiger partial charge in [0.25, 0.3) is 0 Å². The zero-order valence-corrected chi connectivity index (χ0v) is 31.3. The molecule has 3 atom stereocenters. The summed E-state index contributed by atoms with van der Waals surface area (Å²) in [6.45, 7) is 17.9. The first-order chi connectivity index (χ1) is 19.8. The first-order valence-electron chi connectivity index (χ1n) is 18.0. The van der Waals surface area contributed by atoms with Crippen molar-refractivity contribution in [2.24, 2.45) is 11.8 Å². The lowest BCUT2D eigenvalue weighted by atomic mass is 9.68. The molecular formula is C38H65N2Si2+. The molecule has 0 radical (unpaired) electrons. The lowest BCUT2D eigenvalue weighted by Crippen LogP contribution is -2.69. The average Bonchev–Trinajstić information content (AvgIpc) is 3.46. The van der Waals surface area contributed by atoms with Crippen LogP contribution in [0, 0.1) is 11.8 Å². The van der Waals surface area contributed by atoms with Crippen molar-refractivity contribution in [1.82, 2.24) is 4.67 Å². The van der Waals surface area contributed by atoms with Crippen molar-refractivity contribution in [3.05, 3.63) is 47.1 Å². The molecule has 5 rings (SSSR count). The van der Waals surface area contributed by atoms with Crippen molar-refractivity contribution < 1.29 is 4.59 Å². The molecule has 2 nitrogen and oxygen atoms in total. The number of nitrogens with zero attached hydrogens (tertiary/aromatic N) is 2. The van der Waals surface area contributed by atoms with Gasteiger partial charge in [-0.3, -0.25) is 4.59 Å². The zero-order chi connectivity index (χ0) is 30.5. The predicted octanol–water partition coefficient (Wildman–Crippen LogP) is 10.0. The van der Waals surface area contributed by atoms with Gasteiger partial charge in [-0.15, -0.1) is 0 Å². The molecule has 2 fully saturated rings. The van der Waals surface area contributed by atoms with Crippen molar-refractivity contribution in [2.45, 2.75) is 147 Å². The van der Waals surface area contributed by atoms with Gasteiger partial charge in [0.1, 0.15) is 0 Å². The highest BCUT2D eigenvalue weighted by Gasteiger charge is 2.56. The maximum atomic E-state index is 3.10. The minimum absolute atomic E-state index is 0.218. The number of allylic oxidation sites excluding steroid dienone is 4. The van der Waals surface area contributed by atoms with E-state index in [2.05, 4.69) is 103 Å². The van der Waals surface area contributed by atoms with Crippen molar-refractivity contribution in [3.8, 4) is 0 Å². The van der Waals surface area contributed by atoms with Crippen LogP contribution in [0.5, 0.6) is 0 Å². The number of benzene rings is 1. The van der Waals surface area contributed by atoms with Gasteiger partial charge in [0.2, 0.25) is 0 Å². The fraction of sp³-hybridized carbons (Fsp3) is 0.737. The number of quaternary nitrogens is 1. The van der Waals surface area contributed by atoms with Crippen LogP contribution >= 0.6 is 0 Å². The second-order valence-corrected chi connectivity index (χ2v) is 26.7. The fourth-order valence-corrected chi connectivity index (χ4v) is 16.6. The molecule has 0 heterocycles. The Hall–Kier alpha value is -0.946. The van der Waals surface area contributed by atoms with Gasteiger partial charge in [-0.25, -0.2) is 0 Å². The van der Waals surface area contributed by atoms with Crippen LogP contribution in [-0.4, -0.2) is 52.8 Å². The van der Waals surface area contributed by atoms with E-state index in [9.17, 15) is 0 Å². The van der Waals surface area contributed by atoms with E-state index in [1.807, 2.05) is 0 Å². The third-order valence-corrected chi connectivity index (χ3v) is 18.7. The van der Waals surface area contributed by atoms with Gasteiger partial charge in [-0.1, -0.05) is 133 Å². The number of hydrogen-bond donors (Lipinski definition) is 0. The van der Waals surface area contributed by atoms with Crippen LogP contribution in [0.4, 0.5) is 0 Å². The van der Waals surface area contributed by atoms with Crippen molar-refractivity contribution in [3.63, 3.8) is 0 Å². The summed E-state index contributed by atoms with van der Waals surface area (Å²) in [4.78, 5) is 0. The molecule has 0 aromatic heterocycles. The summed E-state index contributed by atoms with van der Waals surface area (Å²) in [5.74, 6) is 1.44. The Morgan fingerprint density at radius 1 is 0.833 bits per heavy atom. The van der Waals surface area contributed by atoms with E-state index in [4.69, 9.17) is 0 Å². The monoisotopic (exact) mass is 605 g/mol. The Morgan fingerprint density at radius 2 is 1.48 bits per heavy atom. The fourth-order valence-electron chi connectivity index (χ4n) is 10.2. The number of rotatable bonds is 11. The molecule has 234 valence electrons. The highest BCUT2D eigenvalue weighted by Crippen LogP contribution is 2.61. The first kappa shape index (κ1) is 32.4. The lowest BCUT2D eigenvalue weighted by Gasteiger charge is -2.53. The highest BCUT2D eigenvalue weighted by atomic mass is 28.3. The second-order valence-electron chi connectivity index (χ2n) is 17.1. The van der Waals surface area contributed by atoms with E-state index >= 15 is 0 Å². The SMILES string of the molecule is CCCCC1(CCCC)C2=CC3C(C=C2c2ccc([Si](C)(C)C)cc21)CCC3[Si](C)(C)N(C1CCCCC1)[N+](C)(C)C. The number of hydrogen-bond acceptors (Lipinski definition) is 1. The number of unbranched alkanes of at least 4 members (excludes halogenated alkanes) is 2. The normalized spacial score (nSPS) is 26.1. The van der Waals surface area contributed by atoms with Gasteiger partial charge in [0.05, 0.1) is 29.2 Å². The quantitative estimate of drug-likeness (QED) is 0.138. The number of fused-ring (bicyclic) bond motifs is 4. The van der Waals surface area contributed by atoms with Crippen molar-refractivity contribution in [1.29, 1.82) is 0 Å². The Balaban J connectivity index is 1.61. The van der Waals surface area contributed by atoms with Gasteiger partial charge in [0.15, 0.2) is 8.24 Å². The van der Waals surface area contributed by atoms with Crippen LogP contribution in [0.2, 0.25) is 38.3 Å². The Bertz CT molecular complexity index is 1170. The smallest absolute Gasteiger partial charge is 0.190 e. The Kier molecular flexibility index (Phi) is 9.35. The highest BCUT2D eigenvalue weighted by molar-refractivity contribution is 6.88. The molecule has 1 aromatic rings. The Morgan fingerprint density at radius 3 is 2.05 bits per heavy atom. The van der Waals surface area contributed by atoms with E-state index in [1.54, 1.807) is 27.5 Å². The molecule has 0 amide bonds. The van der Waals surface area contributed by atoms with Crippen molar-refractivity contribution in [2.75, 3.05) is 21.1 Å². The Labute approximate surface area is 262 Å². The van der Waals surface area contributed by atoms with Crippen LogP contribution < -0.4 is 5.19 Å². The van der Waals surface area contributed by atoms with E-state index < -0.39 is 16.3 Å². The molecule has 0 saturated heterocycles. The molecule has 3 unspecified atom stereocenters. The minimum Gasteiger partial charge on any atom is -0.258 e. The van der Waals surface area contributed by atoms with Gasteiger partial charge < -0.3 is 0 Å². The molecule has 42 heavy (non-hydrogen) atoms. The van der Waals surface area contributed by atoms with Crippen LogP contribution in [0.1, 0.15) is 108 Å². The molecular weight excluding hydrogens is 541 g/mol. The van der Waals surface area contributed by atoms with E-state index in [0.717, 1.165) is 28.0 Å². The van der Waals surface area contributed by atoms with E-state index in [0.29, 0.717) is 0 Å². The molecule has 4 aliphatic carbocycles. The first-order valence-corrected chi connectivity index (χ1v) is 24.5. The largest absolute Gasteiger partial charge is 0.258 e. The van der Waals surface area contributed by atoms with Gasteiger partial charge in [-0.05, 0) is 71.8 Å². The summed E-state index contributed by atoms with van der Waals surface area (Å²) >= 11 is 0. The molecule has 4 aliphatic rings. The third-order valence-electron chi connectivity index (χ3n) is 12.0. The van der Waals surface area contributed by atoms with Crippen LogP contribution in [-0.2, 0) is 5.41 Å². The molecule has 1 aromatic carbocycles. The molecule has 0 bridgehead atoms. The van der Waals surface area contributed by atoms with Crippen LogP contribution in [0.25, 0.3) is 5.57 Å². The summed E-state index contributed by atoms with van der Waals surface area (Å²) < 4.78 is 4.11. The van der Waals surface area contributed by atoms with Crippen LogP contribution in [0.3, 0.4) is 0 Å². The van der Waals surface area contributed by atoms with E-state index in [1.165, 1.54) is 83.5 Å².